The summed E-state index contributed by atoms with van der Waals surface area (Å²) in [5, 5.41) is 3.45. The van der Waals surface area contributed by atoms with Crippen LogP contribution in [0.15, 0.2) is 18.2 Å². The van der Waals surface area contributed by atoms with Crippen molar-refractivity contribution in [1.29, 1.82) is 0 Å². The highest BCUT2D eigenvalue weighted by Gasteiger charge is 2.10. The molecule has 0 atom stereocenters. The minimum atomic E-state index is -0.0404. The second kappa shape index (κ2) is 6.26. The molecule has 1 N–H and O–H groups in total. The molecule has 1 heterocycles. The highest BCUT2D eigenvalue weighted by atomic mass is 35.5. The molecule has 0 unspecified atom stereocenters. The number of halogens is 2. The van der Waals surface area contributed by atoms with Gasteiger partial charge in [0.2, 0.25) is 5.91 Å². The van der Waals surface area contributed by atoms with Crippen molar-refractivity contribution in [3.05, 3.63) is 29.0 Å². The van der Waals surface area contributed by atoms with E-state index in [1.165, 1.54) is 6.92 Å². The van der Waals surface area contributed by atoms with Crippen molar-refractivity contribution < 1.29 is 4.79 Å². The first-order valence-electron chi connectivity index (χ1n) is 6.07. The highest BCUT2D eigenvalue weighted by Crippen LogP contribution is 2.21. The van der Waals surface area contributed by atoms with Crippen molar-refractivity contribution in [2.24, 2.45) is 0 Å². The molecule has 19 heavy (non-hydrogen) atoms. The topological polar surface area (TPSA) is 46.9 Å². The van der Waals surface area contributed by atoms with Crippen LogP contribution in [0.4, 0.5) is 0 Å². The van der Waals surface area contributed by atoms with Gasteiger partial charge >= 0.3 is 0 Å². The van der Waals surface area contributed by atoms with Gasteiger partial charge in [-0.2, -0.15) is 0 Å². The second-order valence-electron chi connectivity index (χ2n) is 4.23. The number of benzene rings is 1. The molecule has 0 aliphatic heterocycles. The molecule has 0 saturated carbocycles. The monoisotopic (exact) mass is 299 g/mol. The Morgan fingerprint density at radius 3 is 2.95 bits per heavy atom. The molecule has 1 aromatic heterocycles. The van der Waals surface area contributed by atoms with Crippen LogP contribution in [-0.2, 0) is 17.8 Å². The Morgan fingerprint density at radius 1 is 1.47 bits per heavy atom. The molecule has 6 heteroatoms. The summed E-state index contributed by atoms with van der Waals surface area (Å²) < 4.78 is 2.06. The lowest BCUT2D eigenvalue weighted by Crippen LogP contribution is -2.25. The number of amides is 1. The molecule has 0 bridgehead atoms. The van der Waals surface area contributed by atoms with Crippen LogP contribution < -0.4 is 5.32 Å². The Hall–Kier alpha value is -1.26. The van der Waals surface area contributed by atoms with Gasteiger partial charge in [0, 0.05) is 37.3 Å². The zero-order valence-corrected chi connectivity index (χ0v) is 12.1. The summed E-state index contributed by atoms with van der Waals surface area (Å²) in [4.78, 5) is 15.5. The van der Waals surface area contributed by atoms with E-state index in [0.717, 1.165) is 16.9 Å². The first-order valence-corrected chi connectivity index (χ1v) is 6.98. The van der Waals surface area contributed by atoms with Crippen LogP contribution in [0.1, 0.15) is 12.7 Å². The predicted molar refractivity (Wildman–Crippen MR) is 77.9 cm³/mol. The summed E-state index contributed by atoms with van der Waals surface area (Å²) in [5.74, 6) is 1.39. The number of carbonyl (C=O) groups excluding carboxylic acids is 1. The van der Waals surface area contributed by atoms with Crippen molar-refractivity contribution in [2.75, 3.05) is 12.4 Å². The van der Waals surface area contributed by atoms with Crippen LogP contribution in [0.2, 0.25) is 5.02 Å². The van der Waals surface area contributed by atoms with E-state index in [1.807, 2.05) is 18.2 Å². The third kappa shape index (κ3) is 3.39. The standard InChI is InChI=1S/C13H15Cl2N3O/c1-9(19)16-6-7-18-12-8-10(15)2-3-11(12)17-13(18)4-5-14/h2-3,8H,4-7H2,1H3,(H,16,19). The van der Waals surface area contributed by atoms with E-state index in [2.05, 4.69) is 14.9 Å². The van der Waals surface area contributed by atoms with Crippen molar-refractivity contribution in [2.45, 2.75) is 19.9 Å². The van der Waals surface area contributed by atoms with Gasteiger partial charge in [0.1, 0.15) is 5.82 Å². The molecule has 2 rings (SSSR count). The van der Waals surface area contributed by atoms with E-state index >= 15 is 0 Å². The molecule has 0 spiro atoms. The molecular weight excluding hydrogens is 285 g/mol. The van der Waals surface area contributed by atoms with E-state index in [1.54, 1.807) is 0 Å². The Kier molecular flexibility index (Phi) is 4.66. The summed E-state index contributed by atoms with van der Waals surface area (Å²) >= 11 is 11.8. The molecule has 0 saturated heterocycles. The Morgan fingerprint density at radius 2 is 2.26 bits per heavy atom. The van der Waals surface area contributed by atoms with E-state index in [0.29, 0.717) is 30.4 Å². The van der Waals surface area contributed by atoms with Crippen LogP contribution in [0.25, 0.3) is 11.0 Å². The van der Waals surface area contributed by atoms with E-state index in [-0.39, 0.29) is 5.91 Å². The number of nitrogens with one attached hydrogen (secondary N) is 1. The van der Waals surface area contributed by atoms with Gasteiger partial charge in [-0.15, -0.1) is 11.6 Å². The average Bonchev–Trinajstić information content (AvgIpc) is 2.67. The molecule has 1 amide bonds. The number of alkyl halides is 1. The fourth-order valence-electron chi connectivity index (χ4n) is 2.01. The average molecular weight is 300 g/mol. The minimum Gasteiger partial charge on any atom is -0.355 e. The number of imidazole rings is 1. The lowest BCUT2D eigenvalue weighted by molar-refractivity contribution is -0.118. The van der Waals surface area contributed by atoms with Gasteiger partial charge in [-0.05, 0) is 18.2 Å². The molecule has 4 nitrogen and oxygen atoms in total. The molecule has 0 radical (unpaired) electrons. The quantitative estimate of drug-likeness (QED) is 0.863. The van der Waals surface area contributed by atoms with Crippen molar-refractivity contribution in [1.82, 2.24) is 14.9 Å². The lowest BCUT2D eigenvalue weighted by Gasteiger charge is -2.09. The Bertz CT molecular complexity index is 595. The summed E-state index contributed by atoms with van der Waals surface area (Å²) in [6.07, 6.45) is 0.688. The van der Waals surface area contributed by atoms with Gasteiger partial charge in [-0.3, -0.25) is 4.79 Å². The maximum atomic E-state index is 10.9. The number of aromatic nitrogens is 2. The zero-order valence-electron chi connectivity index (χ0n) is 10.6. The summed E-state index contributed by atoms with van der Waals surface area (Å²) in [6, 6.07) is 5.60. The van der Waals surface area contributed by atoms with Crippen molar-refractivity contribution in [3.63, 3.8) is 0 Å². The first kappa shape index (κ1) is 14.2. The second-order valence-corrected chi connectivity index (χ2v) is 5.05. The molecule has 1 aromatic carbocycles. The minimum absolute atomic E-state index is 0.0404. The molecule has 102 valence electrons. The largest absolute Gasteiger partial charge is 0.355 e. The van der Waals surface area contributed by atoms with Crippen LogP contribution in [0.3, 0.4) is 0 Å². The number of rotatable bonds is 5. The van der Waals surface area contributed by atoms with Gasteiger partial charge in [-0.1, -0.05) is 11.6 Å². The Balaban J connectivity index is 2.33. The maximum absolute atomic E-state index is 10.9. The molecule has 0 fully saturated rings. The molecule has 2 aromatic rings. The smallest absolute Gasteiger partial charge is 0.216 e. The fourth-order valence-corrected chi connectivity index (χ4v) is 2.35. The zero-order chi connectivity index (χ0) is 13.8. The molecular formula is C13H15Cl2N3O. The van der Waals surface area contributed by atoms with E-state index in [4.69, 9.17) is 23.2 Å². The van der Waals surface area contributed by atoms with Gasteiger partial charge in [0.15, 0.2) is 0 Å². The lowest BCUT2D eigenvalue weighted by atomic mass is 10.3. The van der Waals surface area contributed by atoms with Gasteiger partial charge in [0.25, 0.3) is 0 Å². The van der Waals surface area contributed by atoms with Crippen LogP contribution in [-0.4, -0.2) is 27.9 Å². The molecule has 0 aliphatic carbocycles. The first-order chi connectivity index (χ1) is 9.11. The van der Waals surface area contributed by atoms with Gasteiger partial charge in [-0.25, -0.2) is 4.98 Å². The van der Waals surface area contributed by atoms with Crippen LogP contribution in [0.5, 0.6) is 0 Å². The Labute approximate surface area is 121 Å². The van der Waals surface area contributed by atoms with Crippen LogP contribution in [0, 0.1) is 0 Å². The SMILES string of the molecule is CC(=O)NCCn1c(CCCl)nc2ccc(Cl)cc21. The third-order valence-electron chi connectivity index (χ3n) is 2.82. The third-order valence-corrected chi connectivity index (χ3v) is 3.24. The summed E-state index contributed by atoms with van der Waals surface area (Å²) in [7, 11) is 0. The van der Waals surface area contributed by atoms with E-state index < -0.39 is 0 Å². The van der Waals surface area contributed by atoms with Crippen LogP contribution >= 0.6 is 23.2 Å². The van der Waals surface area contributed by atoms with Crippen molar-refractivity contribution >= 4 is 40.1 Å². The fraction of sp³-hybridized carbons (Fsp3) is 0.385. The molecule has 0 aliphatic rings. The highest BCUT2D eigenvalue weighted by molar-refractivity contribution is 6.31. The van der Waals surface area contributed by atoms with E-state index in [9.17, 15) is 4.79 Å². The van der Waals surface area contributed by atoms with Gasteiger partial charge in [0.05, 0.1) is 11.0 Å². The number of fused-ring (bicyclic) bond motifs is 1. The number of carbonyl (C=O) groups is 1. The summed E-state index contributed by atoms with van der Waals surface area (Å²) in [6.45, 7) is 2.72. The number of nitrogens with zero attached hydrogens (tertiary/aromatic N) is 2. The normalized spacial score (nSPS) is 10.9. The van der Waals surface area contributed by atoms with Crippen molar-refractivity contribution in [3.8, 4) is 0 Å². The number of aryl methyl sites for hydroxylation is 1. The predicted octanol–water partition coefficient (Wildman–Crippen LogP) is 2.61. The number of hydrogen-bond donors (Lipinski definition) is 1. The van der Waals surface area contributed by atoms with Gasteiger partial charge < -0.3 is 9.88 Å². The summed E-state index contributed by atoms with van der Waals surface area (Å²) in [5.41, 5.74) is 1.87. The number of hydrogen-bond acceptors (Lipinski definition) is 2. The maximum Gasteiger partial charge on any atom is 0.216 e.